The standard InChI is InChI=1S/C23H33N7.ClH/c1-3-10-23(24)11-9-22(30-17-23)29-16-19-6-8-21(28-15-19)27-14-18-5-7-20(26-13-18)25-12-4-2;/h5-9,13,15,17,29H,3-4,10-12,14,16,24H2,1-2H3,(H,25,26)(H,27,28);1H. The molecule has 5 N–H and O–H groups in total. The molecule has 8 heteroatoms. The Hall–Kier alpha value is -2.64. The maximum absolute atomic E-state index is 6.31. The molecule has 0 saturated heterocycles. The molecule has 0 amide bonds. The lowest BCUT2D eigenvalue weighted by atomic mass is 9.91. The summed E-state index contributed by atoms with van der Waals surface area (Å²) in [5, 5.41) is 9.96. The number of nitrogens with two attached hydrogens (primary N) is 1. The normalized spacial score (nSPS) is 17.5. The van der Waals surface area contributed by atoms with Crippen molar-refractivity contribution in [2.24, 2.45) is 10.7 Å². The first-order chi connectivity index (χ1) is 14.6. The fraction of sp³-hybridized carbons (Fsp3) is 0.435. The number of halogens is 1. The van der Waals surface area contributed by atoms with E-state index in [0.717, 1.165) is 60.8 Å². The molecule has 0 aliphatic carbocycles. The highest BCUT2D eigenvalue weighted by molar-refractivity contribution is 5.85. The molecule has 31 heavy (non-hydrogen) atoms. The second-order valence-corrected chi connectivity index (χ2v) is 7.77. The molecule has 7 nitrogen and oxygen atoms in total. The molecule has 2 aromatic heterocycles. The molecule has 0 aromatic carbocycles. The van der Waals surface area contributed by atoms with Crippen molar-refractivity contribution in [2.75, 3.05) is 17.2 Å². The van der Waals surface area contributed by atoms with E-state index in [9.17, 15) is 0 Å². The van der Waals surface area contributed by atoms with Crippen LogP contribution in [-0.2, 0) is 13.1 Å². The van der Waals surface area contributed by atoms with Gasteiger partial charge in [0.15, 0.2) is 0 Å². The minimum Gasteiger partial charge on any atom is -0.370 e. The summed E-state index contributed by atoms with van der Waals surface area (Å²) in [7, 11) is 0. The van der Waals surface area contributed by atoms with Gasteiger partial charge in [-0.3, -0.25) is 0 Å². The topological polar surface area (TPSA) is 100 Å². The van der Waals surface area contributed by atoms with Crippen molar-refractivity contribution < 1.29 is 0 Å². The third-order valence-electron chi connectivity index (χ3n) is 5.00. The smallest absolute Gasteiger partial charge is 0.126 e. The lowest BCUT2D eigenvalue weighted by Gasteiger charge is -2.26. The Morgan fingerprint density at radius 1 is 0.903 bits per heavy atom. The third-order valence-corrected chi connectivity index (χ3v) is 5.00. The van der Waals surface area contributed by atoms with Gasteiger partial charge in [0.1, 0.15) is 17.5 Å². The molecule has 2 aromatic rings. The van der Waals surface area contributed by atoms with Gasteiger partial charge in [-0.1, -0.05) is 32.4 Å². The first-order valence-electron chi connectivity index (χ1n) is 10.8. The maximum Gasteiger partial charge on any atom is 0.126 e. The molecule has 0 fully saturated rings. The predicted molar refractivity (Wildman–Crippen MR) is 132 cm³/mol. The van der Waals surface area contributed by atoms with Gasteiger partial charge in [-0.25, -0.2) is 15.0 Å². The molecular formula is C23H34ClN7. The number of anilines is 2. The van der Waals surface area contributed by atoms with Gasteiger partial charge in [-0.05, 0) is 48.6 Å². The van der Waals surface area contributed by atoms with Crippen molar-refractivity contribution in [3.05, 3.63) is 59.7 Å². The van der Waals surface area contributed by atoms with E-state index in [1.165, 1.54) is 0 Å². The van der Waals surface area contributed by atoms with Crippen molar-refractivity contribution in [2.45, 2.75) is 58.2 Å². The molecule has 3 rings (SSSR count). The number of nitrogens with zero attached hydrogens (tertiary/aromatic N) is 3. The fourth-order valence-electron chi connectivity index (χ4n) is 3.25. The van der Waals surface area contributed by atoms with Crippen LogP contribution < -0.4 is 21.7 Å². The van der Waals surface area contributed by atoms with E-state index in [0.29, 0.717) is 13.1 Å². The largest absolute Gasteiger partial charge is 0.370 e. The van der Waals surface area contributed by atoms with Crippen LogP contribution >= 0.6 is 12.4 Å². The molecule has 0 bridgehead atoms. The van der Waals surface area contributed by atoms with E-state index in [1.54, 1.807) is 0 Å². The molecule has 0 spiro atoms. The number of aliphatic imine (C=N–C) groups is 1. The quantitative estimate of drug-likeness (QED) is 0.414. The number of nitrogens with one attached hydrogen (secondary N) is 3. The van der Waals surface area contributed by atoms with Gasteiger partial charge < -0.3 is 21.7 Å². The zero-order valence-electron chi connectivity index (χ0n) is 18.4. The average molecular weight is 444 g/mol. The second kappa shape index (κ2) is 12.3. The molecule has 1 aliphatic heterocycles. The van der Waals surface area contributed by atoms with Crippen LogP contribution in [0.5, 0.6) is 0 Å². The van der Waals surface area contributed by atoms with Crippen molar-refractivity contribution >= 4 is 30.3 Å². The van der Waals surface area contributed by atoms with Gasteiger partial charge >= 0.3 is 0 Å². The Bertz CT molecular complexity index is 849. The van der Waals surface area contributed by atoms with Gasteiger partial charge in [0, 0.05) is 38.2 Å². The van der Waals surface area contributed by atoms with Crippen LogP contribution in [-0.4, -0.2) is 28.3 Å². The van der Waals surface area contributed by atoms with Crippen molar-refractivity contribution in [1.82, 2.24) is 15.3 Å². The number of aromatic nitrogens is 2. The van der Waals surface area contributed by atoms with Crippen LogP contribution in [0.25, 0.3) is 0 Å². The summed E-state index contributed by atoms with van der Waals surface area (Å²) in [6.45, 7) is 6.58. The van der Waals surface area contributed by atoms with Gasteiger partial charge in [0.2, 0.25) is 0 Å². The predicted octanol–water partition coefficient (Wildman–Crippen LogP) is 4.24. The Morgan fingerprint density at radius 3 is 2.06 bits per heavy atom. The molecule has 3 heterocycles. The minimum atomic E-state index is -0.295. The Balaban J connectivity index is 0.00000341. The molecule has 168 valence electrons. The van der Waals surface area contributed by atoms with Crippen LogP contribution in [0.3, 0.4) is 0 Å². The van der Waals surface area contributed by atoms with Crippen molar-refractivity contribution in [3.63, 3.8) is 0 Å². The van der Waals surface area contributed by atoms with E-state index in [-0.39, 0.29) is 17.9 Å². The number of hydrogen-bond acceptors (Lipinski definition) is 7. The summed E-state index contributed by atoms with van der Waals surface area (Å²) in [6.07, 6.45) is 11.6. The minimum absolute atomic E-state index is 0. The van der Waals surface area contributed by atoms with E-state index in [4.69, 9.17) is 5.73 Å². The van der Waals surface area contributed by atoms with Gasteiger partial charge in [0.25, 0.3) is 0 Å². The van der Waals surface area contributed by atoms with E-state index < -0.39 is 0 Å². The second-order valence-electron chi connectivity index (χ2n) is 7.77. The summed E-state index contributed by atoms with van der Waals surface area (Å²) >= 11 is 0. The highest BCUT2D eigenvalue weighted by atomic mass is 35.5. The fourth-order valence-corrected chi connectivity index (χ4v) is 3.25. The molecule has 1 unspecified atom stereocenters. The lowest BCUT2D eigenvalue weighted by Crippen LogP contribution is -2.42. The average Bonchev–Trinajstić information content (AvgIpc) is 2.77. The van der Waals surface area contributed by atoms with Crippen LogP contribution in [0, 0.1) is 0 Å². The van der Waals surface area contributed by atoms with E-state index in [1.807, 2.05) is 30.7 Å². The van der Waals surface area contributed by atoms with Gasteiger partial charge in [0.05, 0.1) is 5.54 Å². The molecular weight excluding hydrogens is 410 g/mol. The van der Waals surface area contributed by atoms with Crippen molar-refractivity contribution in [1.29, 1.82) is 0 Å². The number of rotatable bonds is 11. The van der Waals surface area contributed by atoms with Crippen LogP contribution in [0.15, 0.2) is 53.5 Å². The summed E-state index contributed by atoms with van der Waals surface area (Å²) in [5.41, 5.74) is 8.23. The SMILES string of the molecule is CCCNc1ccc(CNc2ccc(CNC3=CCC(N)(CCC)C=N3)cn2)cn1.Cl. The van der Waals surface area contributed by atoms with Gasteiger partial charge in [-0.2, -0.15) is 0 Å². The van der Waals surface area contributed by atoms with E-state index >= 15 is 0 Å². The zero-order chi connectivity index (χ0) is 21.2. The third kappa shape index (κ3) is 7.84. The highest BCUT2D eigenvalue weighted by Crippen LogP contribution is 2.18. The molecule has 0 radical (unpaired) electrons. The highest BCUT2D eigenvalue weighted by Gasteiger charge is 2.23. The van der Waals surface area contributed by atoms with Crippen LogP contribution in [0.1, 0.15) is 50.7 Å². The summed E-state index contributed by atoms with van der Waals surface area (Å²) in [5.74, 6) is 2.63. The Morgan fingerprint density at radius 2 is 1.55 bits per heavy atom. The van der Waals surface area contributed by atoms with Gasteiger partial charge in [-0.15, -0.1) is 12.4 Å². The van der Waals surface area contributed by atoms with Crippen LogP contribution in [0.4, 0.5) is 11.6 Å². The van der Waals surface area contributed by atoms with E-state index in [2.05, 4.69) is 63.0 Å². The lowest BCUT2D eigenvalue weighted by molar-refractivity contribution is 0.516. The molecule has 1 atom stereocenters. The number of pyridine rings is 2. The molecule has 1 aliphatic rings. The molecule has 0 saturated carbocycles. The first kappa shape index (κ1) is 24.6. The number of hydrogen-bond donors (Lipinski definition) is 4. The maximum atomic E-state index is 6.31. The summed E-state index contributed by atoms with van der Waals surface area (Å²) < 4.78 is 0. The van der Waals surface area contributed by atoms with Crippen molar-refractivity contribution in [3.8, 4) is 0 Å². The Labute approximate surface area is 191 Å². The first-order valence-corrected chi connectivity index (χ1v) is 10.8. The zero-order valence-corrected chi connectivity index (χ0v) is 19.2. The summed E-state index contributed by atoms with van der Waals surface area (Å²) in [6, 6.07) is 8.14. The summed E-state index contributed by atoms with van der Waals surface area (Å²) in [4.78, 5) is 13.4. The monoisotopic (exact) mass is 443 g/mol. The Kier molecular flexibility index (Phi) is 9.75. The van der Waals surface area contributed by atoms with Crippen LogP contribution in [0.2, 0.25) is 0 Å².